The van der Waals surface area contributed by atoms with Crippen molar-refractivity contribution in [2.24, 2.45) is 4.99 Å². The summed E-state index contributed by atoms with van der Waals surface area (Å²) >= 11 is 1.37. The van der Waals surface area contributed by atoms with Crippen molar-refractivity contribution in [3.8, 4) is 17.2 Å². The number of aryl methyl sites for hydroxylation is 2. The van der Waals surface area contributed by atoms with Gasteiger partial charge in [0.2, 0.25) is 5.75 Å². The predicted octanol–water partition coefficient (Wildman–Crippen LogP) is 4.95. The lowest BCUT2D eigenvalue weighted by Gasteiger charge is -2.13. The van der Waals surface area contributed by atoms with E-state index in [-0.39, 0.29) is 5.91 Å². The lowest BCUT2D eigenvalue weighted by atomic mass is 10.1. The second kappa shape index (κ2) is 9.26. The standard InChI is InChI=1S/C23H26N2O4S/c1-7-25-22(26)19(30-23(25)24-20-14(2)9-8-10-15(20)3)13-16-11-17(27-4)21(29-6)18(12-16)28-5/h8-13H,7H2,1-6H3/b19-13+,24-23?. The third-order valence-corrected chi connectivity index (χ3v) is 5.84. The normalized spacial score (nSPS) is 16.5. The summed E-state index contributed by atoms with van der Waals surface area (Å²) in [6.07, 6.45) is 1.83. The molecule has 2 aromatic carbocycles. The predicted molar refractivity (Wildman–Crippen MR) is 122 cm³/mol. The number of ether oxygens (including phenoxy) is 3. The number of hydrogen-bond acceptors (Lipinski definition) is 6. The van der Waals surface area contributed by atoms with E-state index in [1.807, 2.05) is 57.2 Å². The van der Waals surface area contributed by atoms with Crippen LogP contribution in [-0.4, -0.2) is 43.8 Å². The number of carbonyl (C=O) groups is 1. The Morgan fingerprint density at radius 1 is 1.03 bits per heavy atom. The molecule has 0 spiro atoms. The van der Waals surface area contributed by atoms with Crippen LogP contribution in [0.5, 0.6) is 17.2 Å². The Balaban J connectivity index is 2.03. The van der Waals surface area contributed by atoms with E-state index >= 15 is 0 Å². The topological polar surface area (TPSA) is 60.4 Å². The summed E-state index contributed by atoms with van der Waals surface area (Å²) in [6.45, 7) is 6.54. The van der Waals surface area contributed by atoms with Crippen LogP contribution in [0, 0.1) is 13.8 Å². The summed E-state index contributed by atoms with van der Waals surface area (Å²) in [4.78, 5) is 20.1. The summed E-state index contributed by atoms with van der Waals surface area (Å²) < 4.78 is 16.2. The second-order valence-electron chi connectivity index (χ2n) is 6.75. The van der Waals surface area contributed by atoms with Gasteiger partial charge in [0.15, 0.2) is 16.7 Å². The van der Waals surface area contributed by atoms with E-state index < -0.39 is 0 Å². The molecule has 0 unspecified atom stereocenters. The SMILES string of the molecule is CCN1C(=O)/C(=C\c2cc(OC)c(OC)c(OC)c2)SC1=Nc1c(C)cccc1C. The average Bonchev–Trinajstić information content (AvgIpc) is 3.03. The smallest absolute Gasteiger partial charge is 0.266 e. The van der Waals surface area contributed by atoms with Crippen molar-refractivity contribution in [3.05, 3.63) is 51.9 Å². The summed E-state index contributed by atoms with van der Waals surface area (Å²) in [5.74, 6) is 1.52. The Kier molecular flexibility index (Phi) is 6.72. The van der Waals surface area contributed by atoms with Crippen LogP contribution in [0.15, 0.2) is 40.2 Å². The Bertz CT molecular complexity index is 985. The zero-order chi connectivity index (χ0) is 21.8. The van der Waals surface area contributed by atoms with Crippen LogP contribution < -0.4 is 14.2 Å². The molecule has 158 valence electrons. The average molecular weight is 427 g/mol. The van der Waals surface area contributed by atoms with Gasteiger partial charge in [-0.05, 0) is 67.4 Å². The zero-order valence-corrected chi connectivity index (χ0v) is 18.9. The first kappa shape index (κ1) is 21.8. The molecule has 1 fully saturated rings. The van der Waals surface area contributed by atoms with Gasteiger partial charge in [0.1, 0.15) is 0 Å². The highest BCUT2D eigenvalue weighted by Gasteiger charge is 2.32. The van der Waals surface area contributed by atoms with Crippen molar-refractivity contribution < 1.29 is 19.0 Å². The van der Waals surface area contributed by atoms with Crippen LogP contribution >= 0.6 is 11.8 Å². The van der Waals surface area contributed by atoms with Gasteiger partial charge in [-0.3, -0.25) is 9.69 Å². The van der Waals surface area contributed by atoms with E-state index in [9.17, 15) is 4.79 Å². The highest BCUT2D eigenvalue weighted by Crippen LogP contribution is 2.40. The number of amidine groups is 1. The Morgan fingerprint density at radius 3 is 2.13 bits per heavy atom. The third kappa shape index (κ3) is 4.16. The van der Waals surface area contributed by atoms with Crippen molar-refractivity contribution in [1.29, 1.82) is 0 Å². The van der Waals surface area contributed by atoms with Crippen LogP contribution in [0.1, 0.15) is 23.6 Å². The molecule has 0 atom stereocenters. The van der Waals surface area contributed by atoms with Crippen LogP contribution in [-0.2, 0) is 4.79 Å². The van der Waals surface area contributed by atoms with E-state index in [4.69, 9.17) is 19.2 Å². The van der Waals surface area contributed by atoms with Crippen molar-refractivity contribution in [3.63, 3.8) is 0 Å². The highest BCUT2D eigenvalue weighted by molar-refractivity contribution is 8.18. The van der Waals surface area contributed by atoms with Gasteiger partial charge in [-0.1, -0.05) is 18.2 Å². The molecular formula is C23H26N2O4S. The minimum Gasteiger partial charge on any atom is -0.493 e. The Hall–Kier alpha value is -2.93. The number of carbonyl (C=O) groups excluding carboxylic acids is 1. The van der Waals surface area contributed by atoms with Crippen molar-refractivity contribution in [2.75, 3.05) is 27.9 Å². The summed E-state index contributed by atoms with van der Waals surface area (Å²) in [7, 11) is 4.69. The van der Waals surface area contributed by atoms with E-state index in [1.165, 1.54) is 11.8 Å². The van der Waals surface area contributed by atoms with Crippen molar-refractivity contribution >= 4 is 34.6 Å². The number of likely N-dealkylation sites (N-methyl/N-ethyl adjacent to an activating group) is 1. The van der Waals surface area contributed by atoms with Gasteiger partial charge >= 0.3 is 0 Å². The molecule has 0 N–H and O–H groups in total. The fraction of sp³-hybridized carbons (Fsp3) is 0.304. The molecule has 0 radical (unpaired) electrons. The number of rotatable bonds is 6. The molecule has 1 amide bonds. The van der Waals surface area contributed by atoms with Gasteiger partial charge in [-0.15, -0.1) is 0 Å². The van der Waals surface area contributed by atoms with E-state index in [0.717, 1.165) is 22.4 Å². The van der Waals surface area contributed by atoms with Gasteiger partial charge in [-0.2, -0.15) is 0 Å². The number of hydrogen-bond donors (Lipinski definition) is 0. The molecule has 6 nitrogen and oxygen atoms in total. The molecule has 3 rings (SSSR count). The first-order valence-electron chi connectivity index (χ1n) is 9.59. The summed E-state index contributed by atoms with van der Waals surface area (Å²) in [5, 5.41) is 0.679. The zero-order valence-electron chi connectivity index (χ0n) is 18.1. The van der Waals surface area contributed by atoms with Gasteiger partial charge in [0.05, 0.1) is 31.9 Å². The first-order chi connectivity index (χ1) is 14.4. The molecule has 1 saturated heterocycles. The number of aliphatic imine (C=N–C) groups is 1. The molecule has 2 aromatic rings. The number of methoxy groups -OCH3 is 3. The van der Waals surface area contributed by atoms with Gasteiger partial charge in [0.25, 0.3) is 5.91 Å². The molecule has 1 heterocycles. The third-order valence-electron chi connectivity index (χ3n) is 4.84. The fourth-order valence-corrected chi connectivity index (χ4v) is 4.33. The molecule has 30 heavy (non-hydrogen) atoms. The van der Waals surface area contributed by atoms with Crippen LogP contribution in [0.4, 0.5) is 5.69 Å². The summed E-state index contributed by atoms with van der Waals surface area (Å²) in [6, 6.07) is 9.69. The highest BCUT2D eigenvalue weighted by atomic mass is 32.2. The molecule has 1 aliphatic heterocycles. The van der Waals surface area contributed by atoms with Gasteiger partial charge < -0.3 is 14.2 Å². The van der Waals surface area contributed by atoms with Crippen LogP contribution in [0.25, 0.3) is 6.08 Å². The first-order valence-corrected chi connectivity index (χ1v) is 10.4. The quantitative estimate of drug-likeness (QED) is 0.612. The van der Waals surface area contributed by atoms with Crippen LogP contribution in [0.2, 0.25) is 0 Å². The number of para-hydroxylation sites is 1. The van der Waals surface area contributed by atoms with Gasteiger partial charge in [0, 0.05) is 6.54 Å². The summed E-state index contributed by atoms with van der Waals surface area (Å²) in [5.41, 5.74) is 3.84. The molecule has 0 aliphatic carbocycles. The van der Waals surface area contributed by atoms with E-state index in [2.05, 4.69) is 0 Å². The number of thioether (sulfide) groups is 1. The molecule has 0 aromatic heterocycles. The molecule has 0 bridgehead atoms. The largest absolute Gasteiger partial charge is 0.493 e. The number of amides is 1. The van der Waals surface area contributed by atoms with Crippen molar-refractivity contribution in [2.45, 2.75) is 20.8 Å². The van der Waals surface area contributed by atoms with E-state index in [1.54, 1.807) is 26.2 Å². The Labute approximate surface area is 181 Å². The lowest BCUT2D eigenvalue weighted by Crippen LogP contribution is -2.28. The molecule has 0 saturated carbocycles. The maximum Gasteiger partial charge on any atom is 0.266 e. The number of benzene rings is 2. The Morgan fingerprint density at radius 2 is 1.63 bits per heavy atom. The maximum atomic E-state index is 13.0. The molecule has 1 aliphatic rings. The minimum atomic E-state index is -0.0683. The second-order valence-corrected chi connectivity index (χ2v) is 7.76. The molecule has 7 heteroatoms. The molecular weight excluding hydrogens is 400 g/mol. The van der Waals surface area contributed by atoms with Gasteiger partial charge in [-0.25, -0.2) is 4.99 Å². The minimum absolute atomic E-state index is 0.0683. The van der Waals surface area contributed by atoms with Crippen molar-refractivity contribution in [1.82, 2.24) is 4.90 Å². The van der Waals surface area contributed by atoms with E-state index in [0.29, 0.717) is 33.9 Å². The monoisotopic (exact) mass is 426 g/mol. The maximum absolute atomic E-state index is 13.0. The lowest BCUT2D eigenvalue weighted by molar-refractivity contribution is -0.122. The fourth-order valence-electron chi connectivity index (χ4n) is 3.28. The number of nitrogens with zero attached hydrogens (tertiary/aromatic N) is 2. The van der Waals surface area contributed by atoms with Crippen LogP contribution in [0.3, 0.4) is 0 Å².